The zero-order chi connectivity index (χ0) is 16.9. The van der Waals surface area contributed by atoms with E-state index in [-0.39, 0.29) is 12.1 Å². The molecule has 4 heteroatoms. The maximum atomic E-state index is 11.8. The average molecular weight is 318 g/mol. The van der Waals surface area contributed by atoms with Crippen LogP contribution in [0.5, 0.6) is 0 Å². The third-order valence-electron chi connectivity index (χ3n) is 4.10. The molecule has 1 aromatic rings. The summed E-state index contributed by atoms with van der Waals surface area (Å²) < 4.78 is 5.31. The van der Waals surface area contributed by atoms with E-state index < -0.39 is 5.60 Å². The van der Waals surface area contributed by atoms with Crippen molar-refractivity contribution in [2.24, 2.45) is 0 Å². The summed E-state index contributed by atoms with van der Waals surface area (Å²) in [6.07, 6.45) is 4.04. The minimum atomic E-state index is -0.456. The van der Waals surface area contributed by atoms with Gasteiger partial charge in [-0.05, 0) is 51.2 Å². The Morgan fingerprint density at radius 3 is 2.78 bits per heavy atom. The molecular weight excluding hydrogens is 288 g/mol. The number of nitrogens with one attached hydrogen (secondary N) is 2. The summed E-state index contributed by atoms with van der Waals surface area (Å²) in [6.45, 7) is 8.41. The third-order valence-corrected chi connectivity index (χ3v) is 4.10. The number of aryl methyl sites for hydroxylation is 1. The van der Waals surface area contributed by atoms with E-state index in [0.29, 0.717) is 12.6 Å². The van der Waals surface area contributed by atoms with Crippen molar-refractivity contribution in [3.8, 4) is 0 Å². The fraction of sp³-hybridized carbons (Fsp3) is 0.632. The van der Waals surface area contributed by atoms with E-state index in [1.54, 1.807) is 0 Å². The van der Waals surface area contributed by atoms with Crippen LogP contribution in [0.15, 0.2) is 24.3 Å². The molecule has 23 heavy (non-hydrogen) atoms. The van der Waals surface area contributed by atoms with Crippen molar-refractivity contribution in [3.05, 3.63) is 35.4 Å². The first kappa shape index (κ1) is 17.8. The normalized spacial score (nSPS) is 18.3. The number of benzene rings is 1. The molecule has 2 N–H and O–H groups in total. The van der Waals surface area contributed by atoms with Gasteiger partial charge in [0.15, 0.2) is 0 Å². The number of alkyl carbamates (subject to hydrolysis) is 1. The largest absolute Gasteiger partial charge is 0.444 e. The van der Waals surface area contributed by atoms with E-state index in [2.05, 4.69) is 41.8 Å². The van der Waals surface area contributed by atoms with E-state index >= 15 is 0 Å². The Morgan fingerprint density at radius 2 is 2.09 bits per heavy atom. The van der Waals surface area contributed by atoms with Gasteiger partial charge in [0.1, 0.15) is 5.60 Å². The van der Waals surface area contributed by atoms with E-state index in [0.717, 1.165) is 25.7 Å². The molecule has 128 valence electrons. The van der Waals surface area contributed by atoms with Crippen LogP contribution in [0.3, 0.4) is 0 Å². The second-order valence-electron chi connectivity index (χ2n) is 7.33. The van der Waals surface area contributed by atoms with Crippen molar-refractivity contribution in [1.82, 2.24) is 10.6 Å². The average Bonchev–Trinajstić information content (AvgIpc) is 2.87. The van der Waals surface area contributed by atoms with Gasteiger partial charge in [0.05, 0.1) is 0 Å². The maximum Gasteiger partial charge on any atom is 0.407 e. The third kappa shape index (κ3) is 5.54. The predicted octanol–water partition coefficient (Wildman–Crippen LogP) is 3.96. The first-order valence-corrected chi connectivity index (χ1v) is 8.69. The minimum absolute atomic E-state index is 0.267. The van der Waals surface area contributed by atoms with E-state index in [9.17, 15) is 4.79 Å². The molecule has 1 amide bonds. The van der Waals surface area contributed by atoms with Gasteiger partial charge in [-0.3, -0.25) is 0 Å². The zero-order valence-corrected chi connectivity index (χ0v) is 14.8. The van der Waals surface area contributed by atoms with Crippen molar-refractivity contribution < 1.29 is 9.53 Å². The van der Waals surface area contributed by atoms with Crippen LogP contribution in [0.4, 0.5) is 4.79 Å². The van der Waals surface area contributed by atoms with Crippen LogP contribution in [0.1, 0.15) is 64.1 Å². The number of rotatable bonds is 6. The molecule has 4 nitrogen and oxygen atoms in total. The van der Waals surface area contributed by atoms with Crippen molar-refractivity contribution in [1.29, 1.82) is 0 Å². The lowest BCUT2D eigenvalue weighted by Crippen LogP contribution is -2.43. The van der Waals surface area contributed by atoms with Gasteiger partial charge in [-0.1, -0.05) is 37.6 Å². The number of hydrogen-bond acceptors (Lipinski definition) is 3. The summed E-state index contributed by atoms with van der Waals surface area (Å²) >= 11 is 0. The molecule has 0 spiro atoms. The molecule has 1 aliphatic carbocycles. The molecule has 0 saturated heterocycles. The summed E-state index contributed by atoms with van der Waals surface area (Å²) in [7, 11) is 0. The van der Waals surface area contributed by atoms with Gasteiger partial charge in [-0.15, -0.1) is 0 Å². The number of carbonyl (C=O) groups excluding carboxylic acids is 1. The Labute approximate surface area is 140 Å². The van der Waals surface area contributed by atoms with Crippen molar-refractivity contribution in [2.45, 2.75) is 71.1 Å². The van der Waals surface area contributed by atoms with Crippen molar-refractivity contribution in [2.75, 3.05) is 6.54 Å². The number of hydrogen-bond donors (Lipinski definition) is 2. The molecule has 2 rings (SSSR count). The smallest absolute Gasteiger partial charge is 0.407 e. The maximum absolute atomic E-state index is 11.8. The van der Waals surface area contributed by atoms with Crippen LogP contribution >= 0.6 is 0 Å². The molecule has 0 saturated carbocycles. The Hall–Kier alpha value is -1.55. The lowest BCUT2D eigenvalue weighted by Gasteiger charge is -2.25. The highest BCUT2D eigenvalue weighted by atomic mass is 16.6. The predicted molar refractivity (Wildman–Crippen MR) is 93.6 cm³/mol. The molecule has 0 heterocycles. The second-order valence-corrected chi connectivity index (χ2v) is 7.33. The monoisotopic (exact) mass is 318 g/mol. The number of amides is 1. The summed E-state index contributed by atoms with van der Waals surface area (Å²) in [6, 6.07) is 9.29. The number of ether oxygens (including phenoxy) is 1. The second kappa shape index (κ2) is 7.82. The Bertz CT molecular complexity index is 522. The molecule has 1 aliphatic rings. The first-order chi connectivity index (χ1) is 10.9. The highest BCUT2D eigenvalue weighted by molar-refractivity contribution is 5.67. The highest BCUT2D eigenvalue weighted by Gasteiger charge is 2.24. The van der Waals surface area contributed by atoms with Crippen LogP contribution in [-0.2, 0) is 11.2 Å². The number of fused-ring (bicyclic) bond motifs is 1. The van der Waals surface area contributed by atoms with E-state index in [1.807, 2.05) is 20.8 Å². The number of carbonyl (C=O) groups is 1. The lowest BCUT2D eigenvalue weighted by molar-refractivity contribution is 0.0521. The summed E-state index contributed by atoms with van der Waals surface area (Å²) in [5.41, 5.74) is 2.40. The van der Waals surface area contributed by atoms with Crippen molar-refractivity contribution >= 4 is 6.09 Å². The van der Waals surface area contributed by atoms with E-state index in [4.69, 9.17) is 4.74 Å². The highest BCUT2D eigenvalue weighted by Crippen LogP contribution is 2.31. The molecule has 0 radical (unpaired) electrons. The molecule has 0 fully saturated rings. The summed E-state index contributed by atoms with van der Waals surface area (Å²) in [5.74, 6) is 0. The molecule has 1 aromatic carbocycles. The van der Waals surface area contributed by atoms with Crippen LogP contribution in [0, 0.1) is 0 Å². The lowest BCUT2D eigenvalue weighted by atomic mass is 10.1. The van der Waals surface area contributed by atoms with Gasteiger partial charge < -0.3 is 15.4 Å². The van der Waals surface area contributed by atoms with Gasteiger partial charge in [-0.25, -0.2) is 4.79 Å². The quantitative estimate of drug-likeness (QED) is 0.835. The summed E-state index contributed by atoms with van der Waals surface area (Å²) in [5, 5.41) is 6.62. The van der Waals surface area contributed by atoms with Gasteiger partial charge >= 0.3 is 6.09 Å². The Kier molecular flexibility index (Phi) is 6.05. The van der Waals surface area contributed by atoms with Crippen LogP contribution in [0.2, 0.25) is 0 Å². The van der Waals surface area contributed by atoms with Gasteiger partial charge in [-0.2, -0.15) is 0 Å². The first-order valence-electron chi connectivity index (χ1n) is 8.69. The van der Waals surface area contributed by atoms with Gasteiger partial charge in [0.25, 0.3) is 0 Å². The molecular formula is C19H30N2O2. The van der Waals surface area contributed by atoms with Crippen molar-refractivity contribution in [3.63, 3.8) is 0 Å². The van der Waals surface area contributed by atoms with Crippen LogP contribution < -0.4 is 10.6 Å². The zero-order valence-electron chi connectivity index (χ0n) is 14.8. The van der Waals surface area contributed by atoms with E-state index in [1.165, 1.54) is 11.1 Å². The Morgan fingerprint density at radius 1 is 1.35 bits per heavy atom. The summed E-state index contributed by atoms with van der Waals surface area (Å²) in [4.78, 5) is 11.8. The SMILES string of the molecule is CCCC(CNC(=O)OC(C)(C)C)NC1CCc2ccccc21. The van der Waals surface area contributed by atoms with Crippen LogP contribution in [-0.4, -0.2) is 24.3 Å². The van der Waals surface area contributed by atoms with Crippen LogP contribution in [0.25, 0.3) is 0 Å². The van der Waals surface area contributed by atoms with Gasteiger partial charge in [0, 0.05) is 18.6 Å². The molecule has 2 atom stereocenters. The molecule has 0 aromatic heterocycles. The molecule has 0 aliphatic heterocycles. The Balaban J connectivity index is 1.88. The fourth-order valence-corrected chi connectivity index (χ4v) is 3.13. The minimum Gasteiger partial charge on any atom is -0.444 e. The standard InChI is InChI=1S/C19H30N2O2/c1-5-8-15(13-20-18(22)23-19(2,3)4)21-17-12-11-14-9-6-7-10-16(14)17/h6-7,9-10,15,17,21H,5,8,11-13H2,1-4H3,(H,20,22). The molecule has 0 bridgehead atoms. The fourth-order valence-electron chi connectivity index (χ4n) is 3.13. The molecule has 2 unspecified atom stereocenters. The topological polar surface area (TPSA) is 50.4 Å². The van der Waals surface area contributed by atoms with Gasteiger partial charge in [0.2, 0.25) is 0 Å².